The number of hydrogen-bond donors (Lipinski definition) is 2. The Hall–Kier alpha value is -2.53. The van der Waals surface area contributed by atoms with Crippen molar-refractivity contribution in [3.63, 3.8) is 0 Å². The van der Waals surface area contributed by atoms with Crippen LogP contribution >= 0.6 is 22.6 Å². The van der Waals surface area contributed by atoms with Gasteiger partial charge in [0.05, 0.1) is 28.8 Å². The lowest BCUT2D eigenvalue weighted by atomic mass is 10.1. The third-order valence-corrected chi connectivity index (χ3v) is 4.36. The SMILES string of the molecule is C=CCn1cnc2cc(C(=O)ON)c(Nc3ccc(I)cc3F)c(F)c21. The van der Waals surface area contributed by atoms with E-state index in [1.807, 2.05) is 22.6 Å². The van der Waals surface area contributed by atoms with E-state index in [4.69, 9.17) is 5.90 Å². The lowest BCUT2D eigenvalue weighted by Gasteiger charge is -2.14. The van der Waals surface area contributed by atoms with Crippen molar-refractivity contribution >= 4 is 51.0 Å². The van der Waals surface area contributed by atoms with E-state index < -0.39 is 17.6 Å². The highest BCUT2D eigenvalue weighted by atomic mass is 127. The number of rotatable bonds is 5. The van der Waals surface area contributed by atoms with Crippen LogP contribution in [0.15, 0.2) is 43.2 Å². The van der Waals surface area contributed by atoms with Crippen molar-refractivity contribution in [2.75, 3.05) is 5.32 Å². The zero-order valence-corrected chi connectivity index (χ0v) is 15.5. The van der Waals surface area contributed by atoms with Crippen molar-refractivity contribution in [3.05, 3.63) is 64.0 Å². The molecule has 3 aromatic rings. The molecule has 2 aromatic carbocycles. The molecule has 0 aliphatic carbocycles. The Morgan fingerprint density at radius 3 is 2.85 bits per heavy atom. The Bertz CT molecular complexity index is 1020. The molecule has 26 heavy (non-hydrogen) atoms. The van der Waals surface area contributed by atoms with Crippen LogP contribution in [0.1, 0.15) is 10.4 Å². The number of hydrogen-bond acceptors (Lipinski definition) is 5. The smallest absolute Gasteiger partial charge is 0.358 e. The van der Waals surface area contributed by atoms with Gasteiger partial charge in [-0.25, -0.2) is 18.6 Å². The molecule has 0 saturated heterocycles. The number of carbonyl (C=O) groups is 1. The van der Waals surface area contributed by atoms with Gasteiger partial charge in [0.15, 0.2) is 5.82 Å². The highest BCUT2D eigenvalue weighted by molar-refractivity contribution is 14.1. The van der Waals surface area contributed by atoms with Crippen LogP contribution in [0.4, 0.5) is 20.2 Å². The zero-order valence-electron chi connectivity index (χ0n) is 13.3. The van der Waals surface area contributed by atoms with Crippen molar-refractivity contribution in [3.8, 4) is 0 Å². The molecule has 0 aliphatic rings. The maximum absolute atomic E-state index is 15.2. The van der Waals surface area contributed by atoms with Gasteiger partial charge < -0.3 is 14.7 Å². The van der Waals surface area contributed by atoms with Crippen LogP contribution in [0.2, 0.25) is 0 Å². The van der Waals surface area contributed by atoms with Gasteiger partial charge in [0.1, 0.15) is 11.3 Å². The van der Waals surface area contributed by atoms with Gasteiger partial charge in [-0.3, -0.25) is 0 Å². The molecule has 0 radical (unpaired) electrons. The third-order valence-electron chi connectivity index (χ3n) is 3.69. The van der Waals surface area contributed by atoms with Gasteiger partial charge in [-0.15, -0.1) is 6.58 Å². The molecule has 0 saturated carbocycles. The molecule has 9 heteroatoms. The van der Waals surface area contributed by atoms with Gasteiger partial charge >= 0.3 is 5.97 Å². The summed E-state index contributed by atoms with van der Waals surface area (Å²) in [7, 11) is 0. The summed E-state index contributed by atoms with van der Waals surface area (Å²) in [6.07, 6.45) is 3.00. The van der Waals surface area contributed by atoms with Gasteiger partial charge in [-0.05, 0) is 46.9 Å². The maximum Gasteiger partial charge on any atom is 0.358 e. The Morgan fingerprint density at radius 2 is 2.19 bits per heavy atom. The summed E-state index contributed by atoms with van der Waals surface area (Å²) in [5.74, 6) is 2.60. The summed E-state index contributed by atoms with van der Waals surface area (Å²) < 4.78 is 31.6. The molecule has 134 valence electrons. The summed E-state index contributed by atoms with van der Waals surface area (Å²) in [5, 5.41) is 2.63. The molecule has 0 amide bonds. The molecular formula is C17H13F2IN4O2. The second kappa shape index (κ2) is 7.38. The third kappa shape index (κ3) is 3.27. The van der Waals surface area contributed by atoms with Crippen LogP contribution in [0.3, 0.4) is 0 Å². The summed E-state index contributed by atoms with van der Waals surface area (Å²) in [6, 6.07) is 5.70. The lowest BCUT2D eigenvalue weighted by molar-refractivity contribution is 0.0504. The number of halogens is 3. The first-order valence-electron chi connectivity index (χ1n) is 7.37. The van der Waals surface area contributed by atoms with Gasteiger partial charge in [0.25, 0.3) is 0 Å². The van der Waals surface area contributed by atoms with Gasteiger partial charge in [0, 0.05) is 10.1 Å². The fraction of sp³-hybridized carbons (Fsp3) is 0.0588. The highest BCUT2D eigenvalue weighted by Crippen LogP contribution is 2.32. The largest absolute Gasteiger partial charge is 0.370 e. The second-order valence-corrected chi connectivity index (χ2v) is 6.57. The summed E-state index contributed by atoms with van der Waals surface area (Å²) >= 11 is 1.95. The molecule has 0 fully saturated rings. The predicted octanol–water partition coefficient (Wildman–Crippen LogP) is 3.88. The quantitative estimate of drug-likeness (QED) is 0.336. The number of aromatic nitrogens is 2. The van der Waals surface area contributed by atoms with Crippen molar-refractivity contribution in [2.45, 2.75) is 6.54 Å². The molecule has 3 N–H and O–H groups in total. The fourth-order valence-corrected chi connectivity index (χ4v) is 2.99. The number of allylic oxidation sites excluding steroid dienone is 1. The number of nitrogens with two attached hydrogens (primary N) is 1. The van der Waals surface area contributed by atoms with E-state index in [1.165, 1.54) is 29.1 Å². The van der Waals surface area contributed by atoms with Crippen LogP contribution in [-0.4, -0.2) is 15.5 Å². The number of imidazole rings is 1. The summed E-state index contributed by atoms with van der Waals surface area (Å²) in [6.45, 7) is 3.92. The minimum absolute atomic E-state index is 0.00419. The molecule has 1 aromatic heterocycles. The van der Waals surface area contributed by atoms with E-state index in [-0.39, 0.29) is 28.0 Å². The molecule has 6 nitrogen and oxygen atoms in total. The molecular weight excluding hydrogens is 457 g/mol. The summed E-state index contributed by atoms with van der Waals surface area (Å²) in [4.78, 5) is 20.3. The minimum Gasteiger partial charge on any atom is -0.370 e. The minimum atomic E-state index is -0.975. The van der Waals surface area contributed by atoms with Gasteiger partial charge in [-0.1, -0.05) is 6.08 Å². The molecule has 0 aliphatic heterocycles. The number of fused-ring (bicyclic) bond motifs is 1. The number of benzene rings is 2. The van der Waals surface area contributed by atoms with E-state index in [1.54, 1.807) is 12.1 Å². The van der Waals surface area contributed by atoms with E-state index in [0.29, 0.717) is 10.1 Å². The lowest BCUT2D eigenvalue weighted by Crippen LogP contribution is -2.14. The van der Waals surface area contributed by atoms with Gasteiger partial charge in [-0.2, -0.15) is 5.90 Å². The average molecular weight is 470 g/mol. The molecule has 3 rings (SSSR count). The van der Waals surface area contributed by atoms with Crippen molar-refractivity contribution in [2.24, 2.45) is 5.90 Å². The maximum atomic E-state index is 15.2. The van der Waals surface area contributed by atoms with Crippen LogP contribution in [-0.2, 0) is 11.4 Å². The number of carbonyl (C=O) groups excluding carboxylic acids is 1. The first-order valence-corrected chi connectivity index (χ1v) is 8.45. The Labute approximate surface area is 160 Å². The van der Waals surface area contributed by atoms with Crippen LogP contribution in [0, 0.1) is 15.2 Å². The number of anilines is 2. The van der Waals surface area contributed by atoms with E-state index in [0.717, 1.165) is 0 Å². The fourth-order valence-electron chi connectivity index (χ4n) is 2.54. The van der Waals surface area contributed by atoms with Crippen molar-refractivity contribution < 1.29 is 18.4 Å². The Balaban J connectivity index is 2.22. The predicted molar refractivity (Wildman–Crippen MR) is 102 cm³/mol. The van der Waals surface area contributed by atoms with E-state index >= 15 is 4.39 Å². The molecule has 0 bridgehead atoms. The topological polar surface area (TPSA) is 82.2 Å². The van der Waals surface area contributed by atoms with Gasteiger partial charge in [0.2, 0.25) is 0 Å². The first kappa shape index (κ1) is 18.3. The average Bonchev–Trinajstić information content (AvgIpc) is 3.02. The standard InChI is InChI=1S/C17H13F2IN4O2/c1-2-5-24-8-22-13-7-10(17(25)26-21)15(14(19)16(13)24)23-12-4-3-9(20)6-11(12)18/h2-4,6-8,23H,1,5,21H2. The monoisotopic (exact) mass is 470 g/mol. The number of nitrogens with zero attached hydrogens (tertiary/aromatic N) is 2. The van der Waals surface area contributed by atoms with Crippen LogP contribution in [0.5, 0.6) is 0 Å². The number of nitrogens with one attached hydrogen (secondary N) is 1. The highest BCUT2D eigenvalue weighted by Gasteiger charge is 2.23. The summed E-state index contributed by atoms with van der Waals surface area (Å²) in [5.41, 5.74) is -0.0621. The van der Waals surface area contributed by atoms with E-state index in [9.17, 15) is 9.18 Å². The van der Waals surface area contributed by atoms with Crippen molar-refractivity contribution in [1.29, 1.82) is 0 Å². The molecule has 0 atom stereocenters. The Morgan fingerprint density at radius 1 is 1.42 bits per heavy atom. The second-order valence-electron chi connectivity index (χ2n) is 5.32. The van der Waals surface area contributed by atoms with Crippen LogP contribution in [0.25, 0.3) is 11.0 Å². The Kier molecular flexibility index (Phi) is 5.18. The van der Waals surface area contributed by atoms with E-state index in [2.05, 4.69) is 21.7 Å². The van der Waals surface area contributed by atoms with Crippen molar-refractivity contribution in [1.82, 2.24) is 9.55 Å². The first-order chi connectivity index (χ1) is 12.5. The zero-order chi connectivity index (χ0) is 18.8. The molecule has 0 unspecified atom stereocenters. The van der Waals surface area contributed by atoms with Crippen LogP contribution < -0.4 is 11.2 Å². The molecule has 0 spiro atoms. The normalized spacial score (nSPS) is 10.8. The molecule has 1 heterocycles.